The smallest absolute Gasteiger partial charge is 0.295 e. The lowest BCUT2D eigenvalue weighted by Gasteiger charge is -2.31. The number of carbonyl (C=O) groups is 2. The predicted molar refractivity (Wildman–Crippen MR) is 153 cm³/mol. The quantitative estimate of drug-likeness (QED) is 0.226. The number of methoxy groups -OCH3 is 2. The molecular weight excluding hydrogens is 524 g/mol. The molecule has 1 unspecified atom stereocenters. The van der Waals surface area contributed by atoms with E-state index in [2.05, 4.69) is 4.90 Å². The number of ketones is 1. The number of ether oxygens (including phenoxy) is 4. The molecule has 0 saturated carbocycles. The fraction of sp³-hybridized carbons (Fsp3) is 0.312. The zero-order valence-electron chi connectivity index (χ0n) is 23.2. The van der Waals surface area contributed by atoms with Gasteiger partial charge in [0.05, 0.1) is 39.0 Å². The third-order valence-electron chi connectivity index (χ3n) is 7.41. The second-order valence-corrected chi connectivity index (χ2v) is 9.85. The third kappa shape index (κ3) is 6.21. The maximum Gasteiger partial charge on any atom is 0.295 e. The first kappa shape index (κ1) is 28.2. The number of morpholine rings is 1. The average Bonchev–Trinajstić information content (AvgIpc) is 3.28. The number of aliphatic hydroxyl groups excluding tert-OH is 1. The van der Waals surface area contributed by atoms with Crippen molar-refractivity contribution in [2.24, 2.45) is 0 Å². The summed E-state index contributed by atoms with van der Waals surface area (Å²) in [7, 11) is 3.07. The van der Waals surface area contributed by atoms with Crippen LogP contribution in [0.3, 0.4) is 0 Å². The van der Waals surface area contributed by atoms with Crippen molar-refractivity contribution in [2.75, 3.05) is 53.6 Å². The van der Waals surface area contributed by atoms with Crippen molar-refractivity contribution in [3.05, 3.63) is 95.1 Å². The molecule has 1 amide bonds. The predicted octanol–water partition coefficient (Wildman–Crippen LogP) is 4.04. The molecule has 9 heteroatoms. The lowest BCUT2D eigenvalue weighted by atomic mass is 9.94. The SMILES string of the molecule is COc1ccc(OC)c(C2/C(=C(\O)c3ccc(OCc4ccccc4)cc3)C(=O)C(=O)N2CCN2CCOCC2)c1. The summed E-state index contributed by atoms with van der Waals surface area (Å²) in [5.74, 6) is -0.0468. The van der Waals surface area contributed by atoms with E-state index in [9.17, 15) is 14.7 Å². The molecule has 41 heavy (non-hydrogen) atoms. The highest BCUT2D eigenvalue weighted by molar-refractivity contribution is 6.46. The Morgan fingerprint density at radius 2 is 1.61 bits per heavy atom. The van der Waals surface area contributed by atoms with Crippen molar-refractivity contribution in [3.8, 4) is 17.2 Å². The molecule has 5 rings (SSSR count). The Balaban J connectivity index is 1.48. The van der Waals surface area contributed by atoms with Crippen LogP contribution in [-0.2, 0) is 20.9 Å². The van der Waals surface area contributed by atoms with Gasteiger partial charge in [0.2, 0.25) is 0 Å². The molecule has 0 aromatic heterocycles. The Morgan fingerprint density at radius 1 is 0.902 bits per heavy atom. The Kier molecular flexibility index (Phi) is 8.86. The molecule has 0 aliphatic carbocycles. The molecule has 2 saturated heterocycles. The molecule has 0 bridgehead atoms. The van der Waals surface area contributed by atoms with Crippen molar-refractivity contribution in [2.45, 2.75) is 12.6 Å². The van der Waals surface area contributed by atoms with Crippen LogP contribution in [0.25, 0.3) is 5.76 Å². The molecule has 3 aromatic carbocycles. The van der Waals surface area contributed by atoms with E-state index in [4.69, 9.17) is 18.9 Å². The molecule has 2 heterocycles. The van der Waals surface area contributed by atoms with E-state index in [1.54, 1.807) is 49.6 Å². The van der Waals surface area contributed by atoms with Crippen molar-refractivity contribution < 1.29 is 33.6 Å². The standard InChI is InChI=1S/C32H34N2O7/c1-38-25-12-13-27(39-2)26(20-25)29-28(31(36)32(37)34(29)15-14-33-16-18-40-19-17-33)30(35)23-8-10-24(11-9-23)41-21-22-6-4-3-5-7-22/h3-13,20,29,35H,14-19,21H2,1-2H3/b30-28+. The van der Waals surface area contributed by atoms with Gasteiger partial charge >= 0.3 is 0 Å². The van der Waals surface area contributed by atoms with Crippen LogP contribution in [0, 0.1) is 0 Å². The lowest BCUT2D eigenvalue weighted by Crippen LogP contribution is -2.42. The maximum absolute atomic E-state index is 13.5. The molecule has 0 radical (unpaired) electrons. The van der Waals surface area contributed by atoms with Crippen molar-refractivity contribution >= 4 is 17.4 Å². The van der Waals surface area contributed by atoms with Crippen molar-refractivity contribution in [1.29, 1.82) is 0 Å². The molecule has 2 aliphatic heterocycles. The number of hydrogen-bond acceptors (Lipinski definition) is 8. The highest BCUT2D eigenvalue weighted by Gasteiger charge is 2.47. The van der Waals surface area contributed by atoms with Gasteiger partial charge < -0.3 is 29.0 Å². The second kappa shape index (κ2) is 12.9. The van der Waals surface area contributed by atoms with Crippen LogP contribution in [0.1, 0.15) is 22.7 Å². The Labute approximate surface area is 239 Å². The maximum atomic E-state index is 13.5. The van der Waals surface area contributed by atoms with Crippen molar-refractivity contribution in [1.82, 2.24) is 9.80 Å². The van der Waals surface area contributed by atoms with Gasteiger partial charge in [0.15, 0.2) is 0 Å². The van der Waals surface area contributed by atoms with Crippen LogP contribution in [-0.4, -0.2) is 80.2 Å². The van der Waals surface area contributed by atoms with E-state index < -0.39 is 17.7 Å². The number of benzene rings is 3. The fourth-order valence-electron chi connectivity index (χ4n) is 5.17. The van der Waals surface area contributed by atoms with Gasteiger partial charge in [-0.05, 0) is 48.0 Å². The topological polar surface area (TPSA) is 97.8 Å². The average molecular weight is 559 g/mol. The number of carbonyl (C=O) groups excluding carboxylic acids is 2. The third-order valence-corrected chi connectivity index (χ3v) is 7.41. The summed E-state index contributed by atoms with van der Waals surface area (Å²) < 4.78 is 22.4. The van der Waals surface area contributed by atoms with Crippen LogP contribution in [0.2, 0.25) is 0 Å². The van der Waals surface area contributed by atoms with Crippen LogP contribution >= 0.6 is 0 Å². The molecular formula is C32H34N2O7. The van der Waals surface area contributed by atoms with Gasteiger partial charge in [0, 0.05) is 37.3 Å². The Morgan fingerprint density at radius 3 is 2.29 bits per heavy atom. The molecule has 1 N–H and O–H groups in total. The number of hydrogen-bond donors (Lipinski definition) is 1. The van der Waals surface area contributed by atoms with E-state index in [1.807, 2.05) is 30.3 Å². The highest BCUT2D eigenvalue weighted by atomic mass is 16.5. The van der Waals surface area contributed by atoms with Crippen LogP contribution < -0.4 is 14.2 Å². The Hall–Kier alpha value is -4.34. The Bertz CT molecular complexity index is 1400. The first-order chi connectivity index (χ1) is 20.0. The zero-order chi connectivity index (χ0) is 28.8. The van der Waals surface area contributed by atoms with Crippen LogP contribution in [0.5, 0.6) is 17.2 Å². The minimum absolute atomic E-state index is 0.00137. The summed E-state index contributed by atoms with van der Waals surface area (Å²) in [6, 6.07) is 21.0. The first-order valence-electron chi connectivity index (χ1n) is 13.6. The van der Waals surface area contributed by atoms with Gasteiger partial charge in [-0.25, -0.2) is 0 Å². The molecule has 0 spiro atoms. The van der Waals surface area contributed by atoms with Gasteiger partial charge in [-0.3, -0.25) is 14.5 Å². The summed E-state index contributed by atoms with van der Waals surface area (Å²) in [6.45, 7) is 3.99. The lowest BCUT2D eigenvalue weighted by molar-refractivity contribution is -0.140. The van der Waals surface area contributed by atoms with E-state index in [-0.39, 0.29) is 11.3 Å². The number of aliphatic hydroxyl groups is 1. The minimum atomic E-state index is -0.866. The highest BCUT2D eigenvalue weighted by Crippen LogP contribution is 2.44. The van der Waals surface area contributed by atoms with Gasteiger partial charge in [0.1, 0.15) is 29.6 Å². The number of nitrogens with zero attached hydrogens (tertiary/aromatic N) is 2. The van der Waals surface area contributed by atoms with Gasteiger partial charge in [-0.2, -0.15) is 0 Å². The molecule has 2 aliphatic rings. The normalized spacial score (nSPS) is 18.9. The molecule has 2 fully saturated rings. The van der Waals surface area contributed by atoms with Gasteiger partial charge in [-0.15, -0.1) is 0 Å². The zero-order valence-corrected chi connectivity index (χ0v) is 23.2. The monoisotopic (exact) mass is 558 g/mol. The van der Waals surface area contributed by atoms with Crippen molar-refractivity contribution in [3.63, 3.8) is 0 Å². The van der Waals surface area contributed by atoms with E-state index in [0.717, 1.165) is 18.7 Å². The number of amides is 1. The van der Waals surface area contributed by atoms with E-state index in [1.165, 1.54) is 12.0 Å². The summed E-state index contributed by atoms with van der Waals surface area (Å²) in [5.41, 5.74) is 1.98. The molecule has 9 nitrogen and oxygen atoms in total. The number of likely N-dealkylation sites (tertiary alicyclic amines) is 1. The largest absolute Gasteiger partial charge is 0.507 e. The van der Waals surface area contributed by atoms with E-state index in [0.29, 0.717) is 61.3 Å². The van der Waals surface area contributed by atoms with E-state index >= 15 is 0 Å². The van der Waals surface area contributed by atoms with Crippen LogP contribution in [0.4, 0.5) is 0 Å². The second-order valence-electron chi connectivity index (χ2n) is 9.85. The number of rotatable bonds is 10. The summed E-state index contributed by atoms with van der Waals surface area (Å²) in [5, 5.41) is 11.5. The van der Waals surface area contributed by atoms with Gasteiger partial charge in [0.25, 0.3) is 11.7 Å². The van der Waals surface area contributed by atoms with Gasteiger partial charge in [-0.1, -0.05) is 30.3 Å². The summed E-state index contributed by atoms with van der Waals surface area (Å²) in [6.07, 6.45) is 0. The summed E-state index contributed by atoms with van der Waals surface area (Å²) >= 11 is 0. The number of Topliss-reactive ketones (excluding diaryl/α,β-unsaturated/α-hetero) is 1. The minimum Gasteiger partial charge on any atom is -0.507 e. The fourth-order valence-corrected chi connectivity index (χ4v) is 5.17. The molecule has 3 aromatic rings. The first-order valence-corrected chi connectivity index (χ1v) is 13.6. The molecule has 1 atom stereocenters. The molecule has 214 valence electrons. The summed E-state index contributed by atoms with van der Waals surface area (Å²) in [4.78, 5) is 30.6. The van der Waals surface area contributed by atoms with Crippen LogP contribution in [0.15, 0.2) is 78.4 Å².